The van der Waals surface area contributed by atoms with Crippen LogP contribution in [0.2, 0.25) is 0 Å². The van der Waals surface area contributed by atoms with Crippen molar-refractivity contribution < 1.29 is 44.6 Å². The SMILES string of the molecule is O=C(O)c1cccc(CN(CCO)CCOC[C@H](CO)OCCN(CCO)Cc2cccc(C(=O)O)n2)n1. The van der Waals surface area contributed by atoms with Crippen LogP contribution in [0.25, 0.3) is 0 Å². The quantitative estimate of drug-likeness (QED) is 0.137. The normalized spacial score (nSPS) is 12.2. The molecule has 0 amide bonds. The van der Waals surface area contributed by atoms with Crippen molar-refractivity contribution in [2.75, 3.05) is 65.8 Å². The van der Waals surface area contributed by atoms with Crippen LogP contribution in [0.3, 0.4) is 0 Å². The summed E-state index contributed by atoms with van der Waals surface area (Å²) in [6.45, 7) is 2.48. The van der Waals surface area contributed by atoms with Gasteiger partial charge in [0.15, 0.2) is 0 Å². The smallest absolute Gasteiger partial charge is 0.354 e. The van der Waals surface area contributed by atoms with Gasteiger partial charge in [-0.3, -0.25) is 9.80 Å². The predicted octanol–water partition coefficient (Wildman–Crippen LogP) is -0.444. The summed E-state index contributed by atoms with van der Waals surface area (Å²) in [4.78, 5) is 34.2. The number of pyridine rings is 2. The topological polar surface area (TPSA) is 186 Å². The Morgan fingerprint density at radius 3 is 1.71 bits per heavy atom. The molecule has 5 N–H and O–H groups in total. The van der Waals surface area contributed by atoms with Crippen LogP contribution < -0.4 is 0 Å². The van der Waals surface area contributed by atoms with Crippen LogP contribution in [0.5, 0.6) is 0 Å². The zero-order valence-corrected chi connectivity index (χ0v) is 21.2. The molecule has 2 heterocycles. The van der Waals surface area contributed by atoms with Crippen molar-refractivity contribution in [1.82, 2.24) is 19.8 Å². The van der Waals surface area contributed by atoms with Crippen LogP contribution in [0.15, 0.2) is 36.4 Å². The van der Waals surface area contributed by atoms with Crippen molar-refractivity contribution >= 4 is 11.9 Å². The van der Waals surface area contributed by atoms with Gasteiger partial charge in [-0.05, 0) is 24.3 Å². The lowest BCUT2D eigenvalue weighted by Gasteiger charge is -2.24. The highest BCUT2D eigenvalue weighted by atomic mass is 16.5. The van der Waals surface area contributed by atoms with E-state index in [9.17, 15) is 24.9 Å². The average Bonchev–Trinajstić information content (AvgIpc) is 2.90. The first kappa shape index (κ1) is 31.2. The molecule has 0 aliphatic heterocycles. The van der Waals surface area contributed by atoms with E-state index in [4.69, 9.17) is 19.7 Å². The molecule has 2 rings (SSSR count). The molecule has 0 aliphatic carbocycles. The highest BCUT2D eigenvalue weighted by Crippen LogP contribution is 2.06. The van der Waals surface area contributed by atoms with E-state index in [1.165, 1.54) is 12.1 Å². The number of carboxylic acids is 2. The van der Waals surface area contributed by atoms with Crippen molar-refractivity contribution in [2.24, 2.45) is 0 Å². The lowest BCUT2D eigenvalue weighted by Crippen LogP contribution is -2.34. The van der Waals surface area contributed by atoms with E-state index < -0.39 is 18.0 Å². The number of hydrogen-bond acceptors (Lipinski definition) is 11. The Balaban J connectivity index is 1.76. The van der Waals surface area contributed by atoms with Gasteiger partial charge >= 0.3 is 11.9 Å². The van der Waals surface area contributed by atoms with E-state index in [2.05, 4.69) is 9.97 Å². The third-order valence-electron chi connectivity index (χ3n) is 5.48. The number of ether oxygens (including phenoxy) is 2. The van der Waals surface area contributed by atoms with Gasteiger partial charge in [-0.1, -0.05) is 12.1 Å². The highest BCUT2D eigenvalue weighted by molar-refractivity contribution is 5.85. The molecule has 0 aromatic carbocycles. The molecule has 13 heteroatoms. The van der Waals surface area contributed by atoms with Gasteiger partial charge in [0.05, 0.1) is 51.0 Å². The largest absolute Gasteiger partial charge is 0.477 e. The van der Waals surface area contributed by atoms with Crippen LogP contribution in [0.1, 0.15) is 32.4 Å². The average molecular weight is 537 g/mol. The van der Waals surface area contributed by atoms with Crippen molar-refractivity contribution in [1.29, 1.82) is 0 Å². The number of rotatable bonds is 20. The van der Waals surface area contributed by atoms with E-state index in [1.54, 1.807) is 24.3 Å². The first-order chi connectivity index (χ1) is 18.4. The molecule has 0 aliphatic rings. The van der Waals surface area contributed by atoms with E-state index in [-0.39, 0.29) is 44.4 Å². The van der Waals surface area contributed by atoms with E-state index in [1.807, 2.05) is 9.80 Å². The Morgan fingerprint density at radius 1 is 0.763 bits per heavy atom. The maximum absolute atomic E-state index is 11.1. The molecular weight excluding hydrogens is 500 g/mol. The number of nitrogens with zero attached hydrogens (tertiary/aromatic N) is 4. The third-order valence-corrected chi connectivity index (χ3v) is 5.48. The van der Waals surface area contributed by atoms with Crippen LogP contribution in [-0.4, -0.2) is 129 Å². The first-order valence-electron chi connectivity index (χ1n) is 12.2. The fourth-order valence-electron chi connectivity index (χ4n) is 3.56. The molecular formula is C25H36N4O9. The van der Waals surface area contributed by atoms with Crippen molar-refractivity contribution in [3.63, 3.8) is 0 Å². The molecule has 0 spiro atoms. The van der Waals surface area contributed by atoms with Gasteiger partial charge in [-0.2, -0.15) is 0 Å². The Kier molecular flexibility index (Phi) is 14.3. The molecule has 2 aromatic heterocycles. The molecule has 0 radical (unpaired) electrons. The number of aromatic nitrogens is 2. The summed E-state index contributed by atoms with van der Waals surface area (Å²) in [7, 11) is 0. The minimum Gasteiger partial charge on any atom is -0.477 e. The van der Waals surface area contributed by atoms with Gasteiger partial charge in [0.2, 0.25) is 0 Å². The van der Waals surface area contributed by atoms with Gasteiger partial charge in [0.25, 0.3) is 0 Å². The van der Waals surface area contributed by atoms with E-state index in [0.29, 0.717) is 57.3 Å². The standard InChI is InChI=1S/C25H36N4O9/c30-11-7-28(15-19-3-1-5-22(26-19)24(33)34)9-13-37-18-21(17-32)38-14-10-29(8-12-31)16-20-4-2-6-23(27-20)25(35)36/h1-6,21,30-32H,7-18H2,(H,33,34)(H,35,36)/t21-/m0/s1. The Hall–Kier alpha value is -3.04. The lowest BCUT2D eigenvalue weighted by molar-refractivity contribution is -0.0511. The molecule has 0 bridgehead atoms. The minimum atomic E-state index is -1.11. The van der Waals surface area contributed by atoms with Gasteiger partial charge in [-0.25, -0.2) is 19.6 Å². The van der Waals surface area contributed by atoms with E-state index in [0.717, 1.165) is 0 Å². The number of aliphatic hydroxyl groups excluding tert-OH is 3. The number of carbonyl (C=O) groups is 2. The van der Waals surface area contributed by atoms with Crippen LogP contribution in [-0.2, 0) is 22.6 Å². The zero-order valence-electron chi connectivity index (χ0n) is 21.2. The van der Waals surface area contributed by atoms with Gasteiger partial charge in [0.1, 0.15) is 17.5 Å². The predicted molar refractivity (Wildman–Crippen MR) is 135 cm³/mol. The first-order valence-corrected chi connectivity index (χ1v) is 12.2. The number of hydrogen-bond donors (Lipinski definition) is 5. The fraction of sp³-hybridized carbons (Fsp3) is 0.520. The summed E-state index contributed by atoms with van der Waals surface area (Å²) in [6.07, 6.45) is -0.570. The molecule has 210 valence electrons. The van der Waals surface area contributed by atoms with Crippen LogP contribution in [0, 0.1) is 0 Å². The Morgan fingerprint density at radius 2 is 1.26 bits per heavy atom. The van der Waals surface area contributed by atoms with E-state index >= 15 is 0 Å². The van der Waals surface area contributed by atoms with Crippen molar-refractivity contribution in [3.8, 4) is 0 Å². The van der Waals surface area contributed by atoms with Crippen LogP contribution in [0.4, 0.5) is 0 Å². The van der Waals surface area contributed by atoms with Crippen molar-refractivity contribution in [3.05, 3.63) is 59.2 Å². The molecule has 2 aromatic rings. The van der Waals surface area contributed by atoms with Crippen LogP contribution >= 0.6 is 0 Å². The summed E-state index contributed by atoms with van der Waals surface area (Å²) in [5.74, 6) is -2.22. The maximum Gasteiger partial charge on any atom is 0.354 e. The van der Waals surface area contributed by atoms with Crippen molar-refractivity contribution in [2.45, 2.75) is 19.2 Å². The summed E-state index contributed by atoms with van der Waals surface area (Å²) < 4.78 is 11.4. The molecule has 0 saturated carbocycles. The number of aromatic carboxylic acids is 2. The second-order valence-electron chi connectivity index (χ2n) is 8.39. The fourth-order valence-corrected chi connectivity index (χ4v) is 3.56. The third kappa shape index (κ3) is 11.6. The molecule has 38 heavy (non-hydrogen) atoms. The highest BCUT2D eigenvalue weighted by Gasteiger charge is 2.14. The van der Waals surface area contributed by atoms with Gasteiger partial charge in [0, 0.05) is 39.3 Å². The second-order valence-corrected chi connectivity index (χ2v) is 8.39. The number of aliphatic hydroxyl groups is 3. The summed E-state index contributed by atoms with van der Waals surface area (Å²) in [5, 5.41) is 46.6. The molecule has 0 unspecified atom stereocenters. The maximum atomic E-state index is 11.1. The minimum absolute atomic E-state index is 0.0479. The monoisotopic (exact) mass is 536 g/mol. The summed E-state index contributed by atoms with van der Waals surface area (Å²) in [5.41, 5.74) is 1.01. The Labute approximate surface area is 220 Å². The summed E-state index contributed by atoms with van der Waals surface area (Å²) >= 11 is 0. The van der Waals surface area contributed by atoms with Gasteiger partial charge < -0.3 is 35.0 Å². The molecule has 0 fully saturated rings. The molecule has 1 atom stereocenters. The zero-order chi connectivity index (χ0) is 27.8. The lowest BCUT2D eigenvalue weighted by atomic mass is 10.3. The molecule has 13 nitrogen and oxygen atoms in total. The molecule has 0 saturated heterocycles. The number of carboxylic acid groups (broad SMARTS) is 2. The second kappa shape index (κ2) is 17.5. The Bertz CT molecular complexity index is 995. The summed E-state index contributed by atoms with van der Waals surface area (Å²) in [6, 6.07) is 9.48. The van der Waals surface area contributed by atoms with Gasteiger partial charge in [-0.15, -0.1) is 0 Å².